The average Bonchev–Trinajstić information content (AvgIpc) is 1.89. The van der Waals surface area contributed by atoms with Crippen LogP contribution in [0, 0.1) is 11.3 Å². The van der Waals surface area contributed by atoms with Gasteiger partial charge in [-0.25, -0.2) is 5.73 Å². The molecule has 1 aliphatic heterocycles. The zero-order valence-corrected chi connectivity index (χ0v) is 5.02. The van der Waals surface area contributed by atoms with Crippen LogP contribution < -0.4 is 16.4 Å². The topological polar surface area (TPSA) is 71.7 Å². The minimum atomic E-state index is -0.455. The van der Waals surface area contributed by atoms with Crippen molar-refractivity contribution in [3.63, 3.8) is 0 Å². The largest absolute Gasteiger partial charge is 0.298 e. The lowest BCUT2D eigenvalue weighted by Gasteiger charge is -2.24. The van der Waals surface area contributed by atoms with Gasteiger partial charge in [0.2, 0.25) is 0 Å². The van der Waals surface area contributed by atoms with Crippen molar-refractivity contribution >= 4 is 0 Å². The van der Waals surface area contributed by atoms with Crippen molar-refractivity contribution in [1.82, 2.24) is 16.4 Å². The number of piperazine rings is 1. The van der Waals surface area contributed by atoms with Gasteiger partial charge in [-0.2, -0.15) is 5.26 Å². The van der Waals surface area contributed by atoms with Gasteiger partial charge in [0.25, 0.3) is 0 Å². The Morgan fingerprint density at radius 3 is 2.56 bits per heavy atom. The summed E-state index contributed by atoms with van der Waals surface area (Å²) in [7, 11) is 0. The summed E-state index contributed by atoms with van der Waals surface area (Å²) < 4.78 is 0. The number of hydrogen-bond donors (Lipinski definition) is 2. The van der Waals surface area contributed by atoms with E-state index in [-0.39, 0.29) is 6.04 Å². The van der Waals surface area contributed by atoms with Crippen LogP contribution >= 0.6 is 0 Å². The Kier molecular flexibility index (Phi) is 2.01. The minimum absolute atomic E-state index is 0.334. The summed E-state index contributed by atoms with van der Waals surface area (Å²) in [5.41, 5.74) is 7.23. The first kappa shape index (κ1) is 6.49. The summed E-state index contributed by atoms with van der Waals surface area (Å²) >= 11 is 0. The summed E-state index contributed by atoms with van der Waals surface area (Å²) in [4.78, 5) is 0. The minimum Gasteiger partial charge on any atom is -0.298 e. The van der Waals surface area contributed by atoms with Crippen LogP contribution in [0.25, 0.3) is 0 Å². The van der Waals surface area contributed by atoms with Crippen LogP contribution in [0.3, 0.4) is 0 Å². The summed E-state index contributed by atoms with van der Waals surface area (Å²) in [5, 5.41) is 14.2. The fourth-order valence-corrected chi connectivity index (χ4v) is 0.811. The Labute approximate surface area is 54.0 Å². The van der Waals surface area contributed by atoms with Gasteiger partial charge in [-0.3, -0.25) is 10.6 Å². The van der Waals surface area contributed by atoms with Gasteiger partial charge in [0, 0.05) is 13.1 Å². The predicted molar refractivity (Wildman–Crippen MR) is 32.3 cm³/mol. The van der Waals surface area contributed by atoms with E-state index >= 15 is 0 Å². The van der Waals surface area contributed by atoms with Gasteiger partial charge < -0.3 is 0 Å². The van der Waals surface area contributed by atoms with Crippen molar-refractivity contribution < 1.29 is 0 Å². The van der Waals surface area contributed by atoms with E-state index in [4.69, 9.17) is 11.0 Å². The summed E-state index contributed by atoms with van der Waals surface area (Å²) in [6.45, 7) is 1.57. The monoisotopic (exact) mass is 125 g/mol. The molecule has 0 spiro atoms. The number of nitrogens with zero attached hydrogens (tertiary/aromatic N) is 1. The van der Waals surface area contributed by atoms with E-state index in [1.54, 1.807) is 0 Å². The fraction of sp³-hybridized carbons (Fsp3) is 0.800. The Morgan fingerprint density at radius 2 is 2.11 bits per heavy atom. The second-order valence-corrected chi connectivity index (χ2v) is 1.99. The van der Waals surface area contributed by atoms with Crippen molar-refractivity contribution in [3.05, 3.63) is 0 Å². The van der Waals surface area contributed by atoms with Crippen molar-refractivity contribution in [2.24, 2.45) is 0 Å². The highest BCUT2D eigenvalue weighted by Crippen LogP contribution is 1.90. The fourth-order valence-electron chi connectivity index (χ4n) is 0.811. The van der Waals surface area contributed by atoms with E-state index in [1.807, 2.05) is 6.07 Å². The lowest BCUT2D eigenvalue weighted by atomic mass is 10.2. The highest BCUT2D eigenvalue weighted by atomic mass is 15.2. The third kappa shape index (κ3) is 1.39. The van der Waals surface area contributed by atoms with E-state index < -0.39 is 6.17 Å². The number of nitriles is 1. The molecule has 9 heavy (non-hydrogen) atoms. The molecule has 0 bridgehead atoms. The third-order valence-corrected chi connectivity index (χ3v) is 1.33. The second kappa shape index (κ2) is 2.78. The van der Waals surface area contributed by atoms with E-state index in [2.05, 4.69) is 10.6 Å². The van der Waals surface area contributed by atoms with Gasteiger partial charge in [0.15, 0.2) is 0 Å². The molecule has 3 N–H and O–H groups in total. The smallest absolute Gasteiger partial charge is 0.125 e. The molecule has 1 heterocycles. The average molecular weight is 125 g/mol. The second-order valence-electron chi connectivity index (χ2n) is 1.99. The molecule has 0 aromatic heterocycles. The van der Waals surface area contributed by atoms with E-state index in [0.717, 1.165) is 13.1 Å². The van der Waals surface area contributed by atoms with Gasteiger partial charge >= 0.3 is 0 Å². The number of nitrogens with one attached hydrogen (secondary N) is 3. The standard InChI is InChI=1S/C5H9N4/c6-3-4-5(7)9-2-1-8-4/h4-5,7-9H,1-2H2. The molecule has 1 rings (SSSR count). The van der Waals surface area contributed by atoms with Crippen molar-refractivity contribution in [3.8, 4) is 6.07 Å². The van der Waals surface area contributed by atoms with E-state index in [1.165, 1.54) is 0 Å². The van der Waals surface area contributed by atoms with Crippen LogP contribution in [0.4, 0.5) is 0 Å². The lowest BCUT2D eigenvalue weighted by molar-refractivity contribution is 0.368. The van der Waals surface area contributed by atoms with Gasteiger partial charge in [-0.1, -0.05) is 0 Å². The van der Waals surface area contributed by atoms with Crippen LogP contribution in [-0.2, 0) is 0 Å². The Hall–Kier alpha value is -0.630. The molecule has 1 fully saturated rings. The van der Waals surface area contributed by atoms with Crippen molar-refractivity contribution in [2.45, 2.75) is 12.2 Å². The third-order valence-electron chi connectivity index (χ3n) is 1.33. The van der Waals surface area contributed by atoms with Crippen LogP contribution in [0.2, 0.25) is 0 Å². The normalized spacial score (nSPS) is 35.6. The zero-order valence-electron chi connectivity index (χ0n) is 5.02. The van der Waals surface area contributed by atoms with Gasteiger partial charge in [-0.15, -0.1) is 0 Å². The first-order valence-corrected chi connectivity index (χ1v) is 2.92. The van der Waals surface area contributed by atoms with Crippen molar-refractivity contribution in [1.29, 1.82) is 5.26 Å². The molecule has 1 radical (unpaired) electrons. The van der Waals surface area contributed by atoms with Gasteiger partial charge in [-0.05, 0) is 0 Å². The summed E-state index contributed by atoms with van der Waals surface area (Å²) in [6, 6.07) is 1.66. The first-order chi connectivity index (χ1) is 4.34. The van der Waals surface area contributed by atoms with Gasteiger partial charge in [0.1, 0.15) is 6.04 Å². The number of rotatable bonds is 0. The number of hydrogen-bond acceptors (Lipinski definition) is 3. The molecule has 2 unspecified atom stereocenters. The molecule has 1 aliphatic rings. The van der Waals surface area contributed by atoms with Crippen molar-refractivity contribution in [2.75, 3.05) is 13.1 Å². The first-order valence-electron chi connectivity index (χ1n) is 2.92. The maximum atomic E-state index is 8.39. The molecule has 0 aliphatic carbocycles. The SMILES string of the molecule is N#CC1NCCNC1[NH]. The summed E-state index contributed by atoms with van der Waals surface area (Å²) in [6.07, 6.45) is -0.455. The van der Waals surface area contributed by atoms with Crippen LogP contribution in [0.5, 0.6) is 0 Å². The highest BCUT2D eigenvalue weighted by Gasteiger charge is 2.19. The Bertz CT molecular complexity index is 127. The molecule has 49 valence electrons. The molecule has 4 heteroatoms. The molecular weight excluding hydrogens is 116 g/mol. The maximum absolute atomic E-state index is 8.39. The molecule has 1 saturated heterocycles. The van der Waals surface area contributed by atoms with Gasteiger partial charge in [0.05, 0.1) is 12.2 Å². The summed E-state index contributed by atoms with van der Waals surface area (Å²) in [5.74, 6) is 0. The Morgan fingerprint density at radius 1 is 1.44 bits per heavy atom. The maximum Gasteiger partial charge on any atom is 0.125 e. The van der Waals surface area contributed by atoms with E-state index in [0.29, 0.717) is 0 Å². The molecule has 0 aromatic rings. The Balaban J connectivity index is 2.41. The molecule has 0 aromatic carbocycles. The molecule has 4 nitrogen and oxygen atoms in total. The van der Waals surface area contributed by atoms with E-state index in [9.17, 15) is 0 Å². The van der Waals surface area contributed by atoms with Crippen LogP contribution in [0.15, 0.2) is 0 Å². The molecule has 2 atom stereocenters. The van der Waals surface area contributed by atoms with Crippen LogP contribution in [0.1, 0.15) is 0 Å². The molecule has 0 amide bonds. The molecule has 0 saturated carbocycles. The highest BCUT2D eigenvalue weighted by molar-refractivity contribution is 4.98. The zero-order chi connectivity index (χ0) is 6.69. The van der Waals surface area contributed by atoms with Crippen LogP contribution in [-0.4, -0.2) is 25.3 Å². The molecular formula is C5H9N4. The lowest BCUT2D eigenvalue weighted by Crippen LogP contribution is -2.55. The quantitative estimate of drug-likeness (QED) is 0.422. The predicted octanol–water partition coefficient (Wildman–Crippen LogP) is -1.32.